The van der Waals surface area contributed by atoms with Crippen LogP contribution in [-0.4, -0.2) is 48.0 Å². The van der Waals surface area contributed by atoms with Crippen LogP contribution in [-0.2, 0) is 0 Å². The maximum atomic E-state index is 8.47. The molecule has 0 aromatic rings. The molecule has 0 spiro atoms. The molecular weight excluding hydrogens is 214 g/mol. The molecule has 0 aromatic heterocycles. The molecule has 3 nitrogen and oxygen atoms in total. The van der Waals surface area contributed by atoms with Gasteiger partial charge in [0.2, 0.25) is 0 Å². The van der Waals surface area contributed by atoms with Gasteiger partial charge in [0.1, 0.15) is 0 Å². The first kappa shape index (κ1) is 18.5. The highest BCUT2D eigenvalue weighted by molar-refractivity contribution is 5.23. The van der Waals surface area contributed by atoms with Crippen LogP contribution in [0.5, 0.6) is 0 Å². The Morgan fingerprint density at radius 1 is 1.18 bits per heavy atom. The molecule has 0 aromatic carbocycles. The number of allylic oxidation sites excluding steroid dienone is 4. The lowest BCUT2D eigenvalue weighted by atomic mass is 10.2. The van der Waals surface area contributed by atoms with Crippen LogP contribution in [0.3, 0.4) is 0 Å². The lowest BCUT2D eigenvalue weighted by Crippen LogP contribution is -2.29. The fourth-order valence-electron chi connectivity index (χ4n) is 1.16. The van der Waals surface area contributed by atoms with E-state index in [0.717, 1.165) is 17.7 Å². The first-order chi connectivity index (χ1) is 8.01. The highest BCUT2D eigenvalue weighted by Gasteiger charge is 1.97. The zero-order valence-corrected chi connectivity index (χ0v) is 11.4. The minimum atomic E-state index is 0.174. The minimum Gasteiger partial charge on any atom is -0.395 e. The molecule has 100 valence electrons. The molecule has 0 aliphatic heterocycles. The van der Waals surface area contributed by atoms with Crippen molar-refractivity contribution in [2.24, 2.45) is 0 Å². The van der Waals surface area contributed by atoms with Crippen LogP contribution in [0.2, 0.25) is 0 Å². The zero-order chi connectivity index (χ0) is 13.7. The van der Waals surface area contributed by atoms with Gasteiger partial charge in [-0.1, -0.05) is 43.4 Å². The lowest BCUT2D eigenvalue weighted by molar-refractivity contribution is 0.166. The Morgan fingerprint density at radius 3 is 1.82 bits per heavy atom. The van der Waals surface area contributed by atoms with Crippen molar-refractivity contribution >= 4 is 0 Å². The Labute approximate surface area is 106 Å². The third kappa shape index (κ3) is 15.1. The van der Waals surface area contributed by atoms with Crippen LogP contribution >= 0.6 is 0 Å². The number of hydrogen-bond acceptors (Lipinski definition) is 3. The molecular formula is C14H27NO2. The quantitative estimate of drug-likeness (QED) is 0.670. The van der Waals surface area contributed by atoms with E-state index in [1.54, 1.807) is 0 Å². The Kier molecular flexibility index (Phi) is 14.3. The van der Waals surface area contributed by atoms with Gasteiger partial charge in [0.15, 0.2) is 0 Å². The summed E-state index contributed by atoms with van der Waals surface area (Å²) in [6.45, 7) is 15.9. The Hall–Kier alpha value is -0.900. The molecule has 2 N–H and O–H groups in total. The second kappa shape index (κ2) is 13.2. The average molecular weight is 241 g/mol. The Bertz CT molecular complexity index is 228. The van der Waals surface area contributed by atoms with E-state index in [9.17, 15) is 0 Å². The largest absolute Gasteiger partial charge is 0.395 e. The van der Waals surface area contributed by atoms with E-state index in [1.165, 1.54) is 0 Å². The summed E-state index contributed by atoms with van der Waals surface area (Å²) >= 11 is 0. The Balaban J connectivity index is 0. The fraction of sp³-hybridized carbons (Fsp3) is 0.571. The first-order valence-electron chi connectivity index (χ1n) is 5.92. The minimum absolute atomic E-state index is 0.174. The molecule has 0 amide bonds. The molecule has 17 heavy (non-hydrogen) atoms. The SMILES string of the molecule is C=C/C(C)=C\C(=C)C.CCN(CCO)CCO. The van der Waals surface area contributed by atoms with Gasteiger partial charge >= 0.3 is 0 Å². The van der Waals surface area contributed by atoms with Crippen LogP contribution in [0.4, 0.5) is 0 Å². The van der Waals surface area contributed by atoms with Crippen LogP contribution in [0.15, 0.2) is 36.5 Å². The average Bonchev–Trinajstić information content (AvgIpc) is 2.28. The molecule has 0 saturated carbocycles. The molecule has 0 heterocycles. The molecule has 0 aliphatic carbocycles. The summed E-state index contributed by atoms with van der Waals surface area (Å²) in [5, 5.41) is 16.9. The smallest absolute Gasteiger partial charge is 0.0558 e. The predicted molar refractivity (Wildman–Crippen MR) is 75.1 cm³/mol. The molecule has 0 rings (SSSR count). The van der Waals surface area contributed by atoms with E-state index in [-0.39, 0.29) is 13.2 Å². The number of aliphatic hydroxyl groups excluding tert-OH is 2. The summed E-state index contributed by atoms with van der Waals surface area (Å²) in [4.78, 5) is 1.99. The van der Waals surface area contributed by atoms with Crippen LogP contribution in [0.1, 0.15) is 20.8 Å². The van der Waals surface area contributed by atoms with E-state index in [0.29, 0.717) is 13.1 Å². The highest BCUT2D eigenvalue weighted by Crippen LogP contribution is 1.97. The van der Waals surface area contributed by atoms with Crippen molar-refractivity contribution in [3.63, 3.8) is 0 Å². The maximum absolute atomic E-state index is 8.47. The topological polar surface area (TPSA) is 43.7 Å². The molecule has 0 atom stereocenters. The van der Waals surface area contributed by atoms with Crippen molar-refractivity contribution in [1.82, 2.24) is 4.90 Å². The van der Waals surface area contributed by atoms with Gasteiger partial charge in [0.25, 0.3) is 0 Å². The lowest BCUT2D eigenvalue weighted by Gasteiger charge is -2.16. The van der Waals surface area contributed by atoms with E-state index in [1.807, 2.05) is 37.8 Å². The van der Waals surface area contributed by atoms with Gasteiger partial charge in [-0.15, -0.1) is 0 Å². The van der Waals surface area contributed by atoms with Crippen LogP contribution in [0, 0.1) is 0 Å². The summed E-state index contributed by atoms with van der Waals surface area (Å²) in [6.07, 6.45) is 3.81. The van der Waals surface area contributed by atoms with E-state index in [4.69, 9.17) is 10.2 Å². The van der Waals surface area contributed by atoms with Gasteiger partial charge in [-0.25, -0.2) is 0 Å². The molecule has 3 heteroatoms. The third-order valence-corrected chi connectivity index (χ3v) is 2.08. The normalized spacial score (nSPS) is 10.8. The van der Waals surface area contributed by atoms with Crippen molar-refractivity contribution in [3.05, 3.63) is 36.5 Å². The molecule has 0 aliphatic rings. The summed E-state index contributed by atoms with van der Waals surface area (Å²) in [7, 11) is 0. The fourth-order valence-corrected chi connectivity index (χ4v) is 1.16. The monoisotopic (exact) mass is 241 g/mol. The van der Waals surface area contributed by atoms with Crippen molar-refractivity contribution < 1.29 is 10.2 Å². The summed E-state index contributed by atoms with van der Waals surface area (Å²) in [5.74, 6) is 0. The first-order valence-corrected chi connectivity index (χ1v) is 5.92. The van der Waals surface area contributed by atoms with Crippen molar-refractivity contribution in [1.29, 1.82) is 0 Å². The van der Waals surface area contributed by atoms with Crippen LogP contribution in [0.25, 0.3) is 0 Å². The van der Waals surface area contributed by atoms with Gasteiger partial charge in [0.05, 0.1) is 13.2 Å². The molecule has 0 saturated heterocycles. The van der Waals surface area contributed by atoms with Crippen molar-refractivity contribution in [2.75, 3.05) is 32.8 Å². The number of hydrogen-bond donors (Lipinski definition) is 2. The summed E-state index contributed by atoms with van der Waals surface area (Å²) < 4.78 is 0. The number of aliphatic hydroxyl groups is 2. The van der Waals surface area contributed by atoms with Gasteiger partial charge < -0.3 is 10.2 Å². The molecule has 0 bridgehead atoms. The molecule has 0 unspecified atom stereocenters. The number of rotatable bonds is 7. The standard InChI is InChI=1S/C8H12.C6H15NO2/c1-5-8(4)6-7(2)3;1-2-7(3-5-8)4-6-9/h5-6H,1-2H2,3-4H3;8-9H,2-6H2,1H3/b8-6-;. The van der Waals surface area contributed by atoms with E-state index < -0.39 is 0 Å². The van der Waals surface area contributed by atoms with Gasteiger partial charge in [0, 0.05) is 13.1 Å². The van der Waals surface area contributed by atoms with Gasteiger partial charge in [-0.2, -0.15) is 0 Å². The molecule has 0 fully saturated rings. The zero-order valence-electron chi connectivity index (χ0n) is 11.4. The Morgan fingerprint density at radius 2 is 1.65 bits per heavy atom. The second-order valence-corrected chi connectivity index (χ2v) is 3.82. The second-order valence-electron chi connectivity index (χ2n) is 3.82. The van der Waals surface area contributed by atoms with Gasteiger partial charge in [-0.3, -0.25) is 4.90 Å². The van der Waals surface area contributed by atoms with Crippen molar-refractivity contribution in [3.8, 4) is 0 Å². The van der Waals surface area contributed by atoms with Gasteiger partial charge in [-0.05, 0) is 20.4 Å². The number of likely N-dealkylation sites (N-methyl/N-ethyl adjacent to an activating group) is 1. The number of nitrogens with zero attached hydrogens (tertiary/aromatic N) is 1. The van der Waals surface area contributed by atoms with E-state index in [2.05, 4.69) is 13.2 Å². The summed E-state index contributed by atoms with van der Waals surface area (Å²) in [5.41, 5.74) is 2.24. The summed E-state index contributed by atoms with van der Waals surface area (Å²) in [6, 6.07) is 0. The third-order valence-electron chi connectivity index (χ3n) is 2.08. The highest BCUT2D eigenvalue weighted by atomic mass is 16.3. The maximum Gasteiger partial charge on any atom is 0.0558 e. The van der Waals surface area contributed by atoms with Crippen LogP contribution < -0.4 is 0 Å². The van der Waals surface area contributed by atoms with E-state index >= 15 is 0 Å². The van der Waals surface area contributed by atoms with Crippen molar-refractivity contribution in [2.45, 2.75) is 20.8 Å². The molecule has 0 radical (unpaired) electrons. The predicted octanol–water partition coefficient (Wildman–Crippen LogP) is 1.99.